The second-order valence-corrected chi connectivity index (χ2v) is 7.03. The number of ether oxygens (including phenoxy) is 2. The standard InChI is InChI=1S/C23H29NO6/c1-5-7-8-9-11-16(24-30-20(27)10-6-2)15-14-19(28-3)21-17(25)12-13-18(26)22(21)23(15)29-4/h12-14H,5-11H2,1-4H3. The molecule has 1 aromatic carbocycles. The normalized spacial score (nSPS) is 13.3. The number of hydrogen-bond acceptors (Lipinski definition) is 7. The van der Waals surface area contributed by atoms with Crippen molar-refractivity contribution in [2.75, 3.05) is 14.2 Å². The highest BCUT2D eigenvalue weighted by Gasteiger charge is 2.31. The largest absolute Gasteiger partial charge is 0.496 e. The number of hydrogen-bond donors (Lipinski definition) is 0. The van der Waals surface area contributed by atoms with Gasteiger partial charge in [-0.1, -0.05) is 38.3 Å². The SMILES string of the molecule is CCCCCCC(=NOC(=O)CCC)c1cc(OC)c2c(c1OC)C(=O)C=CC2=O. The van der Waals surface area contributed by atoms with Crippen LogP contribution in [0.2, 0.25) is 0 Å². The van der Waals surface area contributed by atoms with Crippen LogP contribution in [-0.2, 0) is 9.63 Å². The molecule has 0 saturated carbocycles. The van der Waals surface area contributed by atoms with E-state index < -0.39 is 5.97 Å². The van der Waals surface area contributed by atoms with Gasteiger partial charge in [0.1, 0.15) is 11.5 Å². The summed E-state index contributed by atoms with van der Waals surface area (Å²) in [6, 6.07) is 1.62. The van der Waals surface area contributed by atoms with Crippen LogP contribution in [0.5, 0.6) is 11.5 Å². The number of rotatable bonds is 11. The predicted octanol–water partition coefficient (Wildman–Crippen LogP) is 4.66. The summed E-state index contributed by atoms with van der Waals surface area (Å²) in [7, 11) is 2.86. The van der Waals surface area contributed by atoms with Crippen molar-refractivity contribution in [1.82, 2.24) is 0 Å². The first kappa shape index (κ1) is 23.3. The Hall–Kier alpha value is -2.96. The zero-order valence-corrected chi connectivity index (χ0v) is 18.1. The van der Waals surface area contributed by atoms with Crippen LogP contribution in [0, 0.1) is 0 Å². The summed E-state index contributed by atoms with van der Waals surface area (Å²) in [4.78, 5) is 42.0. The maximum absolute atomic E-state index is 12.6. The number of oxime groups is 1. The van der Waals surface area contributed by atoms with E-state index in [4.69, 9.17) is 14.3 Å². The Morgan fingerprint density at radius 1 is 0.900 bits per heavy atom. The van der Waals surface area contributed by atoms with E-state index in [1.165, 1.54) is 26.4 Å². The molecule has 0 heterocycles. The summed E-state index contributed by atoms with van der Waals surface area (Å²) in [6.45, 7) is 4.00. The highest BCUT2D eigenvalue weighted by Crippen LogP contribution is 2.38. The minimum Gasteiger partial charge on any atom is -0.496 e. The maximum atomic E-state index is 12.6. The van der Waals surface area contributed by atoms with Crippen molar-refractivity contribution < 1.29 is 28.7 Å². The van der Waals surface area contributed by atoms with Gasteiger partial charge in [0.25, 0.3) is 0 Å². The van der Waals surface area contributed by atoms with E-state index in [0.29, 0.717) is 24.1 Å². The van der Waals surface area contributed by atoms with Gasteiger partial charge in [-0.25, -0.2) is 4.79 Å². The quantitative estimate of drug-likeness (QED) is 0.226. The molecule has 30 heavy (non-hydrogen) atoms. The average molecular weight is 415 g/mol. The summed E-state index contributed by atoms with van der Waals surface area (Å²) in [5, 5.41) is 4.10. The zero-order chi connectivity index (χ0) is 22.1. The third kappa shape index (κ3) is 5.34. The number of benzene rings is 1. The second kappa shape index (κ2) is 11.3. The van der Waals surface area contributed by atoms with Gasteiger partial charge in [-0.15, -0.1) is 0 Å². The zero-order valence-electron chi connectivity index (χ0n) is 18.1. The molecule has 0 bridgehead atoms. The van der Waals surface area contributed by atoms with Crippen LogP contribution in [0.3, 0.4) is 0 Å². The van der Waals surface area contributed by atoms with Crippen molar-refractivity contribution in [1.29, 1.82) is 0 Å². The molecule has 0 aromatic heterocycles. The first-order chi connectivity index (χ1) is 14.5. The Labute approximate surface area is 177 Å². The van der Waals surface area contributed by atoms with Crippen LogP contribution in [-0.4, -0.2) is 37.5 Å². The fourth-order valence-electron chi connectivity index (χ4n) is 3.33. The molecule has 0 amide bonds. The molecule has 0 spiro atoms. The van der Waals surface area contributed by atoms with Gasteiger partial charge in [0.15, 0.2) is 11.6 Å². The number of methoxy groups -OCH3 is 2. The first-order valence-corrected chi connectivity index (χ1v) is 10.3. The molecule has 1 aromatic rings. The summed E-state index contributed by atoms with van der Waals surface area (Å²) in [5.74, 6) is -0.627. The molecule has 0 aliphatic heterocycles. The highest BCUT2D eigenvalue weighted by atomic mass is 16.7. The van der Waals surface area contributed by atoms with Crippen molar-refractivity contribution in [2.45, 2.75) is 58.8 Å². The molecule has 7 nitrogen and oxygen atoms in total. The Morgan fingerprint density at radius 3 is 2.20 bits per heavy atom. The number of unbranched alkanes of at least 4 members (excludes halogenated alkanes) is 3. The number of carbonyl (C=O) groups excluding carboxylic acids is 3. The lowest BCUT2D eigenvalue weighted by molar-refractivity contribution is -0.143. The van der Waals surface area contributed by atoms with Gasteiger partial charge in [0.05, 0.1) is 31.1 Å². The fourth-order valence-corrected chi connectivity index (χ4v) is 3.33. The Bertz CT molecular complexity index is 869. The van der Waals surface area contributed by atoms with Crippen molar-refractivity contribution >= 4 is 23.2 Å². The van der Waals surface area contributed by atoms with E-state index in [9.17, 15) is 14.4 Å². The van der Waals surface area contributed by atoms with E-state index in [1.807, 2.05) is 6.92 Å². The number of allylic oxidation sites excluding steroid dienone is 2. The molecule has 0 saturated heterocycles. The molecule has 2 rings (SSSR count). The molecule has 7 heteroatoms. The molecule has 1 aliphatic carbocycles. The molecule has 0 N–H and O–H groups in total. The summed E-state index contributed by atoms with van der Waals surface area (Å²) >= 11 is 0. The summed E-state index contributed by atoms with van der Waals surface area (Å²) < 4.78 is 10.9. The molecule has 0 unspecified atom stereocenters. The fraction of sp³-hybridized carbons (Fsp3) is 0.478. The van der Waals surface area contributed by atoms with Crippen LogP contribution < -0.4 is 9.47 Å². The van der Waals surface area contributed by atoms with Gasteiger partial charge >= 0.3 is 5.97 Å². The van der Waals surface area contributed by atoms with Gasteiger partial charge in [0, 0.05) is 12.0 Å². The monoisotopic (exact) mass is 415 g/mol. The molecule has 0 atom stereocenters. The van der Waals surface area contributed by atoms with Crippen molar-refractivity contribution in [2.24, 2.45) is 5.16 Å². The lowest BCUT2D eigenvalue weighted by Crippen LogP contribution is -2.18. The van der Waals surface area contributed by atoms with E-state index in [1.54, 1.807) is 6.07 Å². The first-order valence-electron chi connectivity index (χ1n) is 10.3. The highest BCUT2D eigenvalue weighted by molar-refractivity contribution is 6.25. The molecule has 0 fully saturated rings. The van der Waals surface area contributed by atoms with Gasteiger partial charge < -0.3 is 14.3 Å². The van der Waals surface area contributed by atoms with Gasteiger partial charge in [0.2, 0.25) is 0 Å². The smallest absolute Gasteiger partial charge is 0.335 e. The minimum absolute atomic E-state index is 0.139. The number of ketones is 2. The predicted molar refractivity (Wildman–Crippen MR) is 114 cm³/mol. The molecule has 1 aliphatic rings. The van der Waals surface area contributed by atoms with E-state index in [2.05, 4.69) is 12.1 Å². The van der Waals surface area contributed by atoms with Crippen molar-refractivity contribution in [3.8, 4) is 11.5 Å². The topological polar surface area (TPSA) is 91.3 Å². The van der Waals surface area contributed by atoms with E-state index in [-0.39, 0.29) is 40.6 Å². The van der Waals surface area contributed by atoms with Crippen molar-refractivity contribution in [3.05, 3.63) is 34.9 Å². The summed E-state index contributed by atoms with van der Waals surface area (Å²) in [6.07, 6.45) is 7.84. The molecule has 0 radical (unpaired) electrons. The van der Waals surface area contributed by atoms with Crippen LogP contribution in [0.4, 0.5) is 0 Å². The molecular formula is C23H29NO6. The van der Waals surface area contributed by atoms with E-state index in [0.717, 1.165) is 25.7 Å². The second-order valence-electron chi connectivity index (χ2n) is 7.03. The average Bonchev–Trinajstić information content (AvgIpc) is 2.74. The number of nitrogens with zero attached hydrogens (tertiary/aromatic N) is 1. The molecular weight excluding hydrogens is 386 g/mol. The third-order valence-corrected chi connectivity index (χ3v) is 4.84. The minimum atomic E-state index is -0.429. The number of carbonyl (C=O) groups is 3. The van der Waals surface area contributed by atoms with Crippen LogP contribution in [0.1, 0.15) is 85.1 Å². The maximum Gasteiger partial charge on any atom is 0.335 e. The van der Waals surface area contributed by atoms with Crippen LogP contribution >= 0.6 is 0 Å². The Balaban J connectivity index is 2.57. The van der Waals surface area contributed by atoms with Crippen LogP contribution in [0.25, 0.3) is 0 Å². The van der Waals surface area contributed by atoms with Gasteiger partial charge in [-0.05, 0) is 37.5 Å². The number of fused-ring (bicyclic) bond motifs is 1. The summed E-state index contributed by atoms with van der Waals surface area (Å²) in [5.41, 5.74) is 1.26. The van der Waals surface area contributed by atoms with Crippen LogP contribution in [0.15, 0.2) is 23.4 Å². The lowest BCUT2D eigenvalue weighted by Gasteiger charge is -2.20. The molecule has 162 valence electrons. The Morgan fingerprint density at radius 2 is 1.60 bits per heavy atom. The van der Waals surface area contributed by atoms with E-state index >= 15 is 0 Å². The Kier molecular flexibility index (Phi) is 8.77. The van der Waals surface area contributed by atoms with Gasteiger partial charge in [-0.3, -0.25) is 9.59 Å². The third-order valence-electron chi connectivity index (χ3n) is 4.84. The van der Waals surface area contributed by atoms with Gasteiger partial charge in [-0.2, -0.15) is 0 Å². The lowest BCUT2D eigenvalue weighted by atomic mass is 9.88. The van der Waals surface area contributed by atoms with Crippen molar-refractivity contribution in [3.63, 3.8) is 0 Å².